The third kappa shape index (κ3) is 3.85. The number of hydrogen-bond donors (Lipinski definition) is 1. The average Bonchev–Trinajstić information content (AvgIpc) is 2.40. The van der Waals surface area contributed by atoms with Gasteiger partial charge in [0.2, 0.25) is 0 Å². The van der Waals surface area contributed by atoms with Gasteiger partial charge in [-0.05, 0) is 42.5 Å². The van der Waals surface area contributed by atoms with Crippen molar-refractivity contribution in [3.8, 4) is 0 Å². The van der Waals surface area contributed by atoms with Gasteiger partial charge in [-0.1, -0.05) is 29.4 Å². The molecule has 2 aromatic rings. The number of benzene rings is 2. The molecule has 0 aliphatic carbocycles. The maximum Gasteiger partial charge on any atom is 0.328 e. The Kier molecular flexibility index (Phi) is 4.82. The summed E-state index contributed by atoms with van der Waals surface area (Å²) in [5.74, 6) is -1.57. The zero-order chi connectivity index (χ0) is 14.5. The molecule has 2 rings (SSSR count). The van der Waals surface area contributed by atoms with Crippen LogP contribution in [0.25, 0.3) is 6.08 Å². The van der Waals surface area contributed by atoms with E-state index in [2.05, 4.69) is 0 Å². The van der Waals surface area contributed by atoms with Gasteiger partial charge in [0.05, 0.1) is 0 Å². The lowest BCUT2D eigenvalue weighted by molar-refractivity contribution is -0.131. The van der Waals surface area contributed by atoms with Gasteiger partial charge in [0.1, 0.15) is 5.82 Å². The Bertz CT molecular complexity index is 653. The van der Waals surface area contributed by atoms with Crippen LogP contribution in [-0.4, -0.2) is 11.1 Å². The molecule has 0 amide bonds. The van der Waals surface area contributed by atoms with Crippen LogP contribution in [0.3, 0.4) is 0 Å². The second-order valence-corrected chi connectivity index (χ2v) is 5.43. The van der Waals surface area contributed by atoms with Crippen LogP contribution in [0.15, 0.2) is 58.3 Å². The van der Waals surface area contributed by atoms with Gasteiger partial charge in [-0.3, -0.25) is 0 Å². The Balaban J connectivity index is 2.33. The second-order valence-electron chi connectivity index (χ2n) is 3.88. The van der Waals surface area contributed by atoms with E-state index in [4.69, 9.17) is 16.7 Å². The summed E-state index contributed by atoms with van der Waals surface area (Å²) in [6.07, 6.45) is 2.18. The van der Waals surface area contributed by atoms with Crippen LogP contribution in [0.4, 0.5) is 4.39 Å². The number of aliphatic carboxylic acids is 1. The first-order valence-electron chi connectivity index (χ1n) is 5.69. The molecule has 0 atom stereocenters. The Morgan fingerprint density at radius 2 is 1.90 bits per heavy atom. The standard InChI is InChI=1S/C15H10ClFO2S/c16-10-4-6-11(7-5-10)20-14-3-1-2-13(17)12(14)8-9-15(18)19/h1-9H,(H,18,19). The lowest BCUT2D eigenvalue weighted by Crippen LogP contribution is -1.90. The molecule has 1 N–H and O–H groups in total. The van der Waals surface area contributed by atoms with Crippen LogP contribution in [0, 0.1) is 5.82 Å². The highest BCUT2D eigenvalue weighted by molar-refractivity contribution is 7.99. The van der Waals surface area contributed by atoms with E-state index in [9.17, 15) is 9.18 Å². The van der Waals surface area contributed by atoms with Crippen molar-refractivity contribution in [1.82, 2.24) is 0 Å². The number of carboxylic acids is 1. The molecular weight excluding hydrogens is 299 g/mol. The highest BCUT2D eigenvalue weighted by atomic mass is 35.5. The summed E-state index contributed by atoms with van der Waals surface area (Å²) in [5, 5.41) is 9.27. The van der Waals surface area contributed by atoms with Crippen LogP contribution >= 0.6 is 23.4 Å². The molecule has 0 aliphatic heterocycles. The van der Waals surface area contributed by atoms with Crippen molar-refractivity contribution in [2.45, 2.75) is 9.79 Å². The van der Waals surface area contributed by atoms with E-state index in [-0.39, 0.29) is 5.56 Å². The Morgan fingerprint density at radius 1 is 1.20 bits per heavy atom. The van der Waals surface area contributed by atoms with Crippen molar-refractivity contribution in [1.29, 1.82) is 0 Å². The highest BCUT2D eigenvalue weighted by Crippen LogP contribution is 2.32. The zero-order valence-corrected chi connectivity index (χ0v) is 11.8. The summed E-state index contributed by atoms with van der Waals surface area (Å²) in [4.78, 5) is 12.1. The van der Waals surface area contributed by atoms with Crippen LogP contribution in [-0.2, 0) is 4.79 Å². The van der Waals surface area contributed by atoms with E-state index >= 15 is 0 Å². The molecule has 5 heteroatoms. The van der Waals surface area contributed by atoms with Crippen molar-refractivity contribution in [3.05, 3.63) is 64.9 Å². The molecule has 0 saturated carbocycles. The topological polar surface area (TPSA) is 37.3 Å². The fourth-order valence-corrected chi connectivity index (χ4v) is 2.63. The van der Waals surface area contributed by atoms with Gasteiger partial charge in [-0.15, -0.1) is 0 Å². The molecule has 0 radical (unpaired) electrons. The van der Waals surface area contributed by atoms with Gasteiger partial charge in [0.15, 0.2) is 0 Å². The predicted octanol–water partition coefficient (Wildman–Crippen LogP) is 4.73. The Hall–Kier alpha value is -1.78. The summed E-state index contributed by atoms with van der Waals surface area (Å²) in [7, 11) is 0. The first kappa shape index (κ1) is 14.6. The average molecular weight is 309 g/mol. The number of carboxylic acid groups (broad SMARTS) is 1. The van der Waals surface area contributed by atoms with Crippen LogP contribution in [0.1, 0.15) is 5.56 Å². The normalized spacial score (nSPS) is 10.9. The van der Waals surface area contributed by atoms with Crippen LogP contribution in [0.5, 0.6) is 0 Å². The molecule has 0 unspecified atom stereocenters. The number of hydrogen-bond acceptors (Lipinski definition) is 2. The highest BCUT2D eigenvalue weighted by Gasteiger charge is 2.07. The molecule has 0 saturated heterocycles. The summed E-state index contributed by atoms with van der Waals surface area (Å²) < 4.78 is 13.8. The second kappa shape index (κ2) is 6.59. The van der Waals surface area contributed by atoms with E-state index in [1.165, 1.54) is 23.9 Å². The molecule has 0 heterocycles. The molecule has 20 heavy (non-hydrogen) atoms. The first-order chi connectivity index (χ1) is 9.56. The number of carbonyl (C=O) groups is 1. The quantitative estimate of drug-likeness (QED) is 0.830. The summed E-state index contributed by atoms with van der Waals surface area (Å²) in [6, 6.07) is 11.8. The van der Waals surface area contributed by atoms with Gasteiger partial charge in [0, 0.05) is 26.5 Å². The zero-order valence-electron chi connectivity index (χ0n) is 10.2. The van der Waals surface area contributed by atoms with Gasteiger partial charge in [-0.2, -0.15) is 0 Å². The van der Waals surface area contributed by atoms with Crippen LogP contribution in [0.2, 0.25) is 5.02 Å². The maximum absolute atomic E-state index is 13.8. The molecule has 0 aliphatic rings. The Labute approximate surface area is 124 Å². The van der Waals surface area contributed by atoms with Crippen molar-refractivity contribution in [3.63, 3.8) is 0 Å². The number of rotatable bonds is 4. The predicted molar refractivity (Wildman–Crippen MR) is 78.6 cm³/mol. The minimum absolute atomic E-state index is 0.259. The van der Waals surface area contributed by atoms with E-state index in [1.807, 2.05) is 12.1 Å². The minimum atomic E-state index is -1.12. The molecule has 2 aromatic carbocycles. The largest absolute Gasteiger partial charge is 0.478 e. The third-order valence-corrected chi connectivity index (χ3v) is 3.78. The lowest BCUT2D eigenvalue weighted by atomic mass is 10.2. The smallest absolute Gasteiger partial charge is 0.328 e. The van der Waals surface area contributed by atoms with Gasteiger partial charge >= 0.3 is 5.97 Å². The SMILES string of the molecule is O=C(O)C=Cc1c(F)cccc1Sc1ccc(Cl)cc1. The Morgan fingerprint density at radius 3 is 2.55 bits per heavy atom. The van der Waals surface area contributed by atoms with Crippen LogP contribution < -0.4 is 0 Å². The van der Waals surface area contributed by atoms with E-state index in [0.29, 0.717) is 9.92 Å². The van der Waals surface area contributed by atoms with Gasteiger partial charge in [0.25, 0.3) is 0 Å². The maximum atomic E-state index is 13.8. The molecule has 0 fully saturated rings. The molecule has 0 aromatic heterocycles. The number of halogens is 2. The monoisotopic (exact) mass is 308 g/mol. The van der Waals surface area contributed by atoms with Gasteiger partial charge < -0.3 is 5.11 Å². The molecular formula is C15H10ClFO2S. The molecule has 0 bridgehead atoms. The fourth-order valence-electron chi connectivity index (χ4n) is 1.55. The van der Waals surface area contributed by atoms with E-state index in [1.54, 1.807) is 24.3 Å². The molecule has 2 nitrogen and oxygen atoms in total. The summed E-state index contributed by atoms with van der Waals surface area (Å²) in [6.45, 7) is 0. The minimum Gasteiger partial charge on any atom is -0.478 e. The third-order valence-electron chi connectivity index (χ3n) is 2.45. The van der Waals surface area contributed by atoms with E-state index < -0.39 is 11.8 Å². The fraction of sp³-hybridized carbons (Fsp3) is 0. The summed E-state index contributed by atoms with van der Waals surface area (Å²) >= 11 is 7.16. The molecule has 0 spiro atoms. The summed E-state index contributed by atoms with van der Waals surface area (Å²) in [5.41, 5.74) is 0.259. The van der Waals surface area contributed by atoms with Crippen molar-refractivity contribution in [2.24, 2.45) is 0 Å². The van der Waals surface area contributed by atoms with Crippen molar-refractivity contribution >= 4 is 35.4 Å². The van der Waals surface area contributed by atoms with E-state index in [0.717, 1.165) is 11.0 Å². The van der Waals surface area contributed by atoms with Gasteiger partial charge in [-0.25, -0.2) is 9.18 Å². The van der Waals surface area contributed by atoms with Crippen molar-refractivity contribution < 1.29 is 14.3 Å². The lowest BCUT2D eigenvalue weighted by Gasteiger charge is -2.07. The van der Waals surface area contributed by atoms with Crippen molar-refractivity contribution in [2.75, 3.05) is 0 Å². The molecule has 102 valence electrons. The first-order valence-corrected chi connectivity index (χ1v) is 6.88.